The molecule has 0 N–H and O–H groups in total. The third-order valence-electron chi connectivity index (χ3n) is 6.17. The lowest BCUT2D eigenvalue weighted by atomic mass is 9.78. The Bertz CT molecular complexity index is 1210. The van der Waals surface area contributed by atoms with E-state index in [2.05, 4.69) is 62.6 Å². The van der Waals surface area contributed by atoms with Crippen LogP contribution in [0.25, 0.3) is 27.5 Å². The van der Waals surface area contributed by atoms with E-state index in [-0.39, 0.29) is 11.2 Å². The molecule has 0 radical (unpaired) electrons. The van der Waals surface area contributed by atoms with Crippen LogP contribution in [0, 0.1) is 0 Å². The number of hydrogen-bond donors (Lipinski definition) is 0. The predicted molar refractivity (Wildman–Crippen MR) is 116 cm³/mol. The highest BCUT2D eigenvalue weighted by molar-refractivity contribution is 6.62. The lowest BCUT2D eigenvalue weighted by Crippen LogP contribution is -2.41. The maximum atomic E-state index is 8.13. The van der Waals surface area contributed by atoms with Gasteiger partial charge in [0.25, 0.3) is 0 Å². The molecule has 1 fully saturated rings. The minimum atomic E-state index is -0.404. The van der Waals surface area contributed by atoms with Crippen molar-refractivity contribution >= 4 is 34.4 Å². The van der Waals surface area contributed by atoms with Crippen LogP contribution in [0.4, 0.5) is 0 Å². The Hall–Kier alpha value is -2.56. The van der Waals surface area contributed by atoms with Crippen LogP contribution in [0.3, 0.4) is 0 Å². The van der Waals surface area contributed by atoms with Gasteiger partial charge in [-0.1, -0.05) is 48.5 Å². The molecule has 0 bridgehead atoms. The summed E-state index contributed by atoms with van der Waals surface area (Å²) in [6, 6.07) is 23.0. The minimum absolute atomic E-state index is 0.376. The summed E-state index contributed by atoms with van der Waals surface area (Å²) < 4.78 is 22.9. The first-order valence-electron chi connectivity index (χ1n) is 10.2. The van der Waals surface area contributed by atoms with Gasteiger partial charge < -0.3 is 13.9 Å². The standard InChI is InChI=1S/C24H24BNO2/c1-23(2)24(3,4)28-25(27-23)17-14-15-22-20(16-17)19-12-8-9-13-21(19)26(22)18-10-6-5-7-11-18/h5-16H,1-4H3/i8D. The Morgan fingerprint density at radius 3 is 2.18 bits per heavy atom. The molecule has 1 aromatic heterocycles. The van der Waals surface area contributed by atoms with Crippen LogP contribution in [0.15, 0.2) is 72.8 Å². The van der Waals surface area contributed by atoms with Gasteiger partial charge in [-0.3, -0.25) is 0 Å². The number of hydrogen-bond acceptors (Lipinski definition) is 2. The monoisotopic (exact) mass is 370 g/mol. The summed E-state index contributed by atoms with van der Waals surface area (Å²) in [4.78, 5) is 0. The van der Waals surface area contributed by atoms with E-state index in [0.717, 1.165) is 33.0 Å². The second-order valence-corrected chi connectivity index (χ2v) is 8.48. The molecule has 0 aliphatic carbocycles. The average Bonchev–Trinajstić information content (AvgIpc) is 3.12. The molecule has 4 heteroatoms. The van der Waals surface area contributed by atoms with Gasteiger partial charge in [0.1, 0.15) is 0 Å². The van der Waals surface area contributed by atoms with Gasteiger partial charge in [0.05, 0.1) is 23.6 Å². The first-order chi connectivity index (χ1) is 13.8. The number of fused-ring (bicyclic) bond motifs is 3. The number of nitrogens with zero attached hydrogens (tertiary/aromatic N) is 1. The van der Waals surface area contributed by atoms with Crippen molar-refractivity contribution in [2.45, 2.75) is 38.9 Å². The fourth-order valence-electron chi connectivity index (χ4n) is 3.91. The summed E-state index contributed by atoms with van der Waals surface area (Å²) in [5.74, 6) is 0. The molecule has 140 valence electrons. The van der Waals surface area contributed by atoms with E-state index >= 15 is 0 Å². The molecule has 2 heterocycles. The van der Waals surface area contributed by atoms with Gasteiger partial charge in [-0.15, -0.1) is 0 Å². The fraction of sp³-hybridized carbons (Fsp3) is 0.250. The van der Waals surface area contributed by atoms with Crippen molar-refractivity contribution in [3.05, 3.63) is 72.8 Å². The van der Waals surface area contributed by atoms with Gasteiger partial charge in [0.2, 0.25) is 0 Å². The van der Waals surface area contributed by atoms with E-state index in [1.807, 2.05) is 36.4 Å². The summed E-state index contributed by atoms with van der Waals surface area (Å²) in [6.07, 6.45) is 0. The van der Waals surface area contributed by atoms with E-state index in [9.17, 15) is 0 Å². The molecule has 3 aromatic carbocycles. The summed E-state index contributed by atoms with van der Waals surface area (Å²) >= 11 is 0. The molecule has 0 saturated carbocycles. The molecule has 1 aliphatic heterocycles. The van der Waals surface area contributed by atoms with Crippen molar-refractivity contribution in [3.63, 3.8) is 0 Å². The van der Waals surface area contributed by atoms with Crippen LogP contribution in [-0.4, -0.2) is 22.9 Å². The largest absolute Gasteiger partial charge is 0.494 e. The van der Waals surface area contributed by atoms with Gasteiger partial charge in [-0.25, -0.2) is 0 Å². The van der Waals surface area contributed by atoms with E-state index in [4.69, 9.17) is 10.7 Å². The molecule has 0 spiro atoms. The van der Waals surface area contributed by atoms with Crippen LogP contribution >= 0.6 is 0 Å². The van der Waals surface area contributed by atoms with E-state index in [0.29, 0.717) is 6.04 Å². The van der Waals surface area contributed by atoms with Gasteiger partial charge >= 0.3 is 7.12 Å². The normalized spacial score (nSPS) is 18.7. The van der Waals surface area contributed by atoms with Crippen molar-refractivity contribution in [3.8, 4) is 5.69 Å². The summed E-state index contributed by atoms with van der Waals surface area (Å²) in [5, 5.41) is 2.17. The third kappa shape index (κ3) is 2.52. The van der Waals surface area contributed by atoms with Crippen LogP contribution < -0.4 is 5.46 Å². The van der Waals surface area contributed by atoms with Gasteiger partial charge in [-0.05, 0) is 57.4 Å². The molecule has 1 aliphatic rings. The van der Waals surface area contributed by atoms with Gasteiger partial charge in [0, 0.05) is 16.5 Å². The van der Waals surface area contributed by atoms with E-state index in [1.54, 1.807) is 0 Å². The molecule has 28 heavy (non-hydrogen) atoms. The predicted octanol–water partition coefficient (Wildman–Crippen LogP) is 5.08. The second kappa shape index (κ2) is 5.97. The van der Waals surface area contributed by atoms with Crippen LogP contribution in [0.1, 0.15) is 29.1 Å². The lowest BCUT2D eigenvalue weighted by Gasteiger charge is -2.32. The fourth-order valence-corrected chi connectivity index (χ4v) is 3.91. The van der Waals surface area contributed by atoms with Crippen molar-refractivity contribution in [2.24, 2.45) is 0 Å². The first kappa shape index (κ1) is 16.4. The van der Waals surface area contributed by atoms with E-state index in [1.165, 1.54) is 0 Å². The van der Waals surface area contributed by atoms with Gasteiger partial charge in [-0.2, -0.15) is 0 Å². The average molecular weight is 370 g/mol. The van der Waals surface area contributed by atoms with Crippen molar-refractivity contribution in [1.29, 1.82) is 0 Å². The zero-order valence-corrected chi connectivity index (χ0v) is 16.7. The second-order valence-electron chi connectivity index (χ2n) is 8.48. The number of rotatable bonds is 2. The summed E-state index contributed by atoms with van der Waals surface area (Å²) in [7, 11) is -0.404. The molecular weight excluding hydrogens is 345 g/mol. The quantitative estimate of drug-likeness (QED) is 0.459. The number of aromatic nitrogens is 1. The molecule has 0 unspecified atom stereocenters. The smallest absolute Gasteiger partial charge is 0.399 e. The maximum absolute atomic E-state index is 8.13. The highest BCUT2D eigenvalue weighted by Crippen LogP contribution is 2.37. The van der Waals surface area contributed by atoms with Crippen molar-refractivity contribution in [1.82, 2.24) is 4.57 Å². The number of para-hydroxylation sites is 2. The topological polar surface area (TPSA) is 23.4 Å². The Morgan fingerprint density at radius 2 is 1.46 bits per heavy atom. The molecule has 4 aromatic rings. The zero-order valence-electron chi connectivity index (χ0n) is 17.7. The Kier molecular flexibility index (Phi) is 3.50. The third-order valence-corrected chi connectivity index (χ3v) is 6.17. The Balaban J connectivity index is 1.73. The molecule has 1 saturated heterocycles. The Morgan fingerprint density at radius 1 is 0.786 bits per heavy atom. The minimum Gasteiger partial charge on any atom is -0.399 e. The highest BCUT2D eigenvalue weighted by atomic mass is 16.7. The molecule has 3 nitrogen and oxygen atoms in total. The Labute approximate surface area is 167 Å². The first-order valence-corrected chi connectivity index (χ1v) is 9.73. The van der Waals surface area contributed by atoms with Crippen LogP contribution in [0.5, 0.6) is 0 Å². The van der Waals surface area contributed by atoms with Crippen molar-refractivity contribution in [2.75, 3.05) is 0 Å². The van der Waals surface area contributed by atoms with Gasteiger partial charge in [0.15, 0.2) is 0 Å². The van der Waals surface area contributed by atoms with Crippen LogP contribution in [0.2, 0.25) is 0 Å². The zero-order chi connectivity index (χ0) is 20.4. The summed E-state index contributed by atoms with van der Waals surface area (Å²) in [6.45, 7) is 8.27. The molecule has 5 rings (SSSR count). The molecule has 0 atom stereocenters. The lowest BCUT2D eigenvalue weighted by molar-refractivity contribution is 0.00578. The summed E-state index contributed by atoms with van der Waals surface area (Å²) in [5.41, 5.74) is 3.55. The number of benzene rings is 3. The molecular formula is C24H24BNO2. The SMILES string of the molecule is [2H]c1ccc2c(c1)c1cc(B3OC(C)(C)C(C)(C)O3)ccc1n2-c1ccccc1. The van der Waals surface area contributed by atoms with Crippen molar-refractivity contribution < 1.29 is 10.7 Å². The van der Waals surface area contributed by atoms with Crippen LogP contribution in [-0.2, 0) is 9.31 Å². The highest BCUT2D eigenvalue weighted by Gasteiger charge is 2.51. The maximum Gasteiger partial charge on any atom is 0.494 e. The molecule has 0 amide bonds. The van der Waals surface area contributed by atoms with E-state index < -0.39 is 7.12 Å².